The zero-order chi connectivity index (χ0) is 24.5. The second-order valence-electron chi connectivity index (χ2n) is 7.28. The first kappa shape index (κ1) is 24.6. The van der Waals surface area contributed by atoms with E-state index < -0.39 is 24.3 Å². The minimum Gasteiger partial charge on any atom is -0.495 e. The van der Waals surface area contributed by atoms with E-state index in [1.807, 2.05) is 19.1 Å². The van der Waals surface area contributed by atoms with Crippen molar-refractivity contribution in [2.24, 2.45) is 0 Å². The van der Waals surface area contributed by atoms with Crippen molar-refractivity contribution in [1.82, 2.24) is 5.32 Å². The van der Waals surface area contributed by atoms with Gasteiger partial charge in [-0.05, 0) is 55.0 Å². The lowest BCUT2D eigenvalue weighted by molar-refractivity contribution is -0.125. The summed E-state index contributed by atoms with van der Waals surface area (Å²) in [5, 5.41) is 8.27. The Morgan fingerprint density at radius 2 is 1.62 bits per heavy atom. The topological polar surface area (TPSA) is 106 Å². The third-order valence-electron chi connectivity index (χ3n) is 4.65. The summed E-state index contributed by atoms with van der Waals surface area (Å²) in [6.07, 6.45) is 0. The number of anilines is 2. The summed E-state index contributed by atoms with van der Waals surface area (Å²) in [5.74, 6) is -0.697. The Kier molecular flexibility index (Phi) is 8.48. The molecule has 0 aliphatic heterocycles. The molecule has 176 valence electrons. The molecule has 3 rings (SSSR count). The Hall–Kier alpha value is -4.04. The van der Waals surface area contributed by atoms with Crippen LogP contribution in [0.2, 0.25) is 5.02 Å². The number of hydrogen-bond acceptors (Lipinski definition) is 5. The van der Waals surface area contributed by atoms with Crippen LogP contribution in [0.25, 0.3) is 0 Å². The molecule has 0 fully saturated rings. The summed E-state index contributed by atoms with van der Waals surface area (Å²) >= 11 is 6.04. The lowest BCUT2D eigenvalue weighted by Gasteiger charge is -2.13. The second kappa shape index (κ2) is 11.7. The first-order valence-electron chi connectivity index (χ1n) is 10.4. The van der Waals surface area contributed by atoms with Crippen molar-refractivity contribution in [2.75, 3.05) is 30.9 Å². The summed E-state index contributed by atoms with van der Waals surface area (Å²) in [6.45, 7) is 1.23. The molecule has 0 atom stereocenters. The van der Waals surface area contributed by atoms with E-state index in [9.17, 15) is 14.4 Å². The number of methoxy groups -OCH3 is 1. The molecule has 3 aromatic carbocycles. The van der Waals surface area contributed by atoms with Crippen LogP contribution in [-0.4, -0.2) is 38.0 Å². The highest BCUT2D eigenvalue weighted by atomic mass is 35.5. The summed E-state index contributed by atoms with van der Waals surface area (Å²) < 4.78 is 10.8. The van der Waals surface area contributed by atoms with E-state index in [2.05, 4.69) is 16.0 Å². The van der Waals surface area contributed by atoms with Gasteiger partial charge >= 0.3 is 0 Å². The van der Waals surface area contributed by atoms with Gasteiger partial charge < -0.3 is 25.4 Å². The molecule has 0 bridgehead atoms. The Labute approximate surface area is 202 Å². The molecule has 3 N–H and O–H groups in total. The number of aryl methyl sites for hydroxylation is 1. The average Bonchev–Trinajstić information content (AvgIpc) is 2.82. The van der Waals surface area contributed by atoms with E-state index in [1.54, 1.807) is 42.5 Å². The average molecular weight is 482 g/mol. The largest absolute Gasteiger partial charge is 0.495 e. The van der Waals surface area contributed by atoms with Crippen molar-refractivity contribution in [3.8, 4) is 11.5 Å². The zero-order valence-electron chi connectivity index (χ0n) is 18.7. The monoisotopic (exact) mass is 481 g/mol. The number of nitrogens with one attached hydrogen (secondary N) is 3. The Morgan fingerprint density at radius 1 is 0.882 bits per heavy atom. The SMILES string of the molecule is COc1ccc(C)cc1NC(=O)CNC(=O)COc1ccc(Cl)cc1C(=O)Nc1ccccc1. The van der Waals surface area contributed by atoms with Gasteiger partial charge in [0.05, 0.1) is 24.9 Å². The zero-order valence-corrected chi connectivity index (χ0v) is 19.4. The fourth-order valence-corrected chi connectivity index (χ4v) is 3.18. The molecule has 0 aliphatic carbocycles. The van der Waals surface area contributed by atoms with Gasteiger partial charge in [-0.3, -0.25) is 14.4 Å². The summed E-state index contributed by atoms with van der Waals surface area (Å²) in [5.41, 5.74) is 2.23. The fraction of sp³-hybridized carbons (Fsp3) is 0.160. The van der Waals surface area contributed by atoms with Gasteiger partial charge in [-0.25, -0.2) is 0 Å². The van der Waals surface area contributed by atoms with Gasteiger partial charge in [0, 0.05) is 10.7 Å². The first-order valence-corrected chi connectivity index (χ1v) is 10.7. The van der Waals surface area contributed by atoms with Crippen molar-refractivity contribution >= 4 is 40.7 Å². The fourth-order valence-electron chi connectivity index (χ4n) is 3.01. The Bertz CT molecular complexity index is 1180. The maximum absolute atomic E-state index is 12.7. The summed E-state index contributed by atoms with van der Waals surface area (Å²) in [6, 6.07) is 18.8. The number of halogens is 1. The van der Waals surface area contributed by atoms with Gasteiger partial charge in [-0.2, -0.15) is 0 Å². The molecule has 3 amide bonds. The molecule has 0 unspecified atom stereocenters. The lowest BCUT2D eigenvalue weighted by Crippen LogP contribution is -2.36. The molecule has 0 saturated heterocycles. The van der Waals surface area contributed by atoms with E-state index in [0.717, 1.165) is 5.56 Å². The van der Waals surface area contributed by atoms with Crippen molar-refractivity contribution < 1.29 is 23.9 Å². The third-order valence-corrected chi connectivity index (χ3v) is 4.89. The van der Waals surface area contributed by atoms with Crippen LogP contribution in [0, 0.1) is 6.92 Å². The van der Waals surface area contributed by atoms with Gasteiger partial charge in [0.1, 0.15) is 11.5 Å². The van der Waals surface area contributed by atoms with Gasteiger partial charge in [-0.1, -0.05) is 35.9 Å². The predicted octanol–water partition coefficient (Wildman–Crippen LogP) is 4.04. The van der Waals surface area contributed by atoms with E-state index in [-0.39, 0.29) is 17.9 Å². The molecule has 0 heterocycles. The van der Waals surface area contributed by atoms with E-state index in [0.29, 0.717) is 22.1 Å². The molecule has 3 aromatic rings. The number of para-hydroxylation sites is 1. The number of rotatable bonds is 9. The van der Waals surface area contributed by atoms with Crippen molar-refractivity contribution in [3.63, 3.8) is 0 Å². The molecular weight excluding hydrogens is 458 g/mol. The van der Waals surface area contributed by atoms with Gasteiger partial charge in [-0.15, -0.1) is 0 Å². The Morgan fingerprint density at radius 3 is 2.35 bits per heavy atom. The highest BCUT2D eigenvalue weighted by molar-refractivity contribution is 6.31. The van der Waals surface area contributed by atoms with E-state index in [1.165, 1.54) is 19.2 Å². The number of amides is 3. The van der Waals surface area contributed by atoms with Crippen LogP contribution in [0.3, 0.4) is 0 Å². The standard InChI is InChI=1S/C25H24ClN3O5/c1-16-8-10-22(33-2)20(12-16)29-23(30)14-27-24(31)15-34-21-11-9-17(26)13-19(21)25(32)28-18-6-4-3-5-7-18/h3-13H,14-15H2,1-2H3,(H,27,31)(H,28,32)(H,29,30). The predicted molar refractivity (Wildman–Crippen MR) is 131 cm³/mol. The minimum absolute atomic E-state index is 0.174. The molecule has 8 nitrogen and oxygen atoms in total. The van der Waals surface area contributed by atoms with Crippen molar-refractivity contribution in [3.05, 3.63) is 82.9 Å². The normalized spacial score (nSPS) is 10.2. The molecule has 0 spiro atoms. The van der Waals surface area contributed by atoms with Crippen LogP contribution in [0.4, 0.5) is 11.4 Å². The number of hydrogen-bond donors (Lipinski definition) is 3. The third kappa shape index (κ3) is 6.98. The molecule has 34 heavy (non-hydrogen) atoms. The summed E-state index contributed by atoms with van der Waals surface area (Å²) in [4.78, 5) is 37.1. The van der Waals surface area contributed by atoms with Crippen LogP contribution < -0.4 is 25.4 Å². The van der Waals surface area contributed by atoms with Crippen molar-refractivity contribution in [2.45, 2.75) is 6.92 Å². The molecular formula is C25H24ClN3O5. The molecule has 0 saturated carbocycles. The van der Waals surface area contributed by atoms with Crippen LogP contribution in [0.5, 0.6) is 11.5 Å². The van der Waals surface area contributed by atoms with Crippen molar-refractivity contribution in [1.29, 1.82) is 0 Å². The number of carbonyl (C=O) groups excluding carboxylic acids is 3. The number of carbonyl (C=O) groups is 3. The highest BCUT2D eigenvalue weighted by Crippen LogP contribution is 2.25. The lowest BCUT2D eigenvalue weighted by atomic mass is 10.2. The summed E-state index contributed by atoms with van der Waals surface area (Å²) in [7, 11) is 1.50. The molecule has 0 aromatic heterocycles. The molecule has 0 radical (unpaired) electrons. The number of benzene rings is 3. The van der Waals surface area contributed by atoms with Crippen LogP contribution in [0.15, 0.2) is 66.7 Å². The first-order chi connectivity index (χ1) is 16.4. The molecule has 0 aliphatic rings. The van der Waals surface area contributed by atoms with Crippen LogP contribution in [-0.2, 0) is 9.59 Å². The van der Waals surface area contributed by atoms with Gasteiger partial charge in [0.15, 0.2) is 6.61 Å². The Balaban J connectivity index is 1.55. The second-order valence-corrected chi connectivity index (χ2v) is 7.71. The maximum atomic E-state index is 12.7. The van der Waals surface area contributed by atoms with Gasteiger partial charge in [0.25, 0.3) is 11.8 Å². The molecule has 9 heteroatoms. The smallest absolute Gasteiger partial charge is 0.259 e. The minimum atomic E-state index is -0.532. The maximum Gasteiger partial charge on any atom is 0.259 e. The van der Waals surface area contributed by atoms with Crippen LogP contribution >= 0.6 is 11.6 Å². The quantitative estimate of drug-likeness (QED) is 0.427. The van der Waals surface area contributed by atoms with E-state index >= 15 is 0 Å². The number of ether oxygens (including phenoxy) is 2. The van der Waals surface area contributed by atoms with Crippen LogP contribution in [0.1, 0.15) is 15.9 Å². The highest BCUT2D eigenvalue weighted by Gasteiger charge is 2.16. The van der Waals surface area contributed by atoms with E-state index in [4.69, 9.17) is 21.1 Å². The van der Waals surface area contributed by atoms with Gasteiger partial charge in [0.2, 0.25) is 5.91 Å².